The molecular weight excluding hydrogens is 284 g/mol. The first-order valence-electron chi connectivity index (χ1n) is 7.10. The molecule has 0 spiro atoms. The van der Waals surface area contributed by atoms with Crippen LogP contribution in [0.4, 0.5) is 0 Å². The topological polar surface area (TPSA) is 57.2 Å². The molecule has 0 unspecified atom stereocenters. The molecule has 5 nitrogen and oxygen atoms in total. The van der Waals surface area contributed by atoms with E-state index in [1.807, 2.05) is 24.3 Å². The molecule has 1 N–H and O–H groups in total. The molecule has 4 rings (SSSR count). The number of hydrogen-bond donors (Lipinski definition) is 1. The van der Waals surface area contributed by atoms with Gasteiger partial charge in [0.2, 0.25) is 5.75 Å². The quantitative estimate of drug-likeness (QED) is 0.924. The first-order chi connectivity index (χ1) is 10.7. The Hall–Kier alpha value is -2.56. The third-order valence-corrected chi connectivity index (χ3v) is 4.28. The third kappa shape index (κ3) is 1.71. The van der Waals surface area contributed by atoms with Crippen LogP contribution in [0.5, 0.6) is 28.7 Å². The number of phenolic OH excluding ortho intramolecular Hbond substituents is 1. The van der Waals surface area contributed by atoms with Crippen LogP contribution in [0.25, 0.3) is 0 Å². The number of fused-ring (bicyclic) bond motifs is 5. The van der Waals surface area contributed by atoms with E-state index in [1.54, 1.807) is 13.2 Å². The van der Waals surface area contributed by atoms with Gasteiger partial charge >= 0.3 is 0 Å². The maximum Gasteiger partial charge on any atom is 0.203 e. The average molecular weight is 300 g/mol. The van der Waals surface area contributed by atoms with Crippen LogP contribution in [0.2, 0.25) is 0 Å². The van der Waals surface area contributed by atoms with Gasteiger partial charge in [-0.05, 0) is 18.2 Å². The smallest absolute Gasteiger partial charge is 0.203 e. The highest BCUT2D eigenvalue weighted by molar-refractivity contribution is 5.59. The van der Waals surface area contributed by atoms with E-state index in [9.17, 15) is 5.11 Å². The van der Waals surface area contributed by atoms with Crippen molar-refractivity contribution in [3.63, 3.8) is 0 Å². The Kier molecular flexibility index (Phi) is 2.82. The summed E-state index contributed by atoms with van der Waals surface area (Å²) in [5, 5.41) is 9.89. The lowest BCUT2D eigenvalue weighted by Crippen LogP contribution is -2.23. The van der Waals surface area contributed by atoms with E-state index in [0.717, 1.165) is 22.6 Å². The Labute approximate surface area is 128 Å². The number of methoxy groups -OCH3 is 2. The first-order valence-corrected chi connectivity index (χ1v) is 7.10. The molecule has 0 fully saturated rings. The highest BCUT2D eigenvalue weighted by Crippen LogP contribution is 2.54. The Bertz CT molecular complexity index is 740. The van der Waals surface area contributed by atoms with E-state index in [0.29, 0.717) is 18.1 Å². The van der Waals surface area contributed by atoms with Crippen molar-refractivity contribution in [1.29, 1.82) is 0 Å². The second-order valence-electron chi connectivity index (χ2n) is 5.40. The monoisotopic (exact) mass is 300 g/mol. The van der Waals surface area contributed by atoms with Crippen molar-refractivity contribution in [2.75, 3.05) is 20.8 Å². The molecule has 2 aromatic carbocycles. The van der Waals surface area contributed by atoms with Crippen LogP contribution in [0, 0.1) is 0 Å². The number of aromatic hydroxyl groups is 1. The zero-order valence-corrected chi connectivity index (χ0v) is 12.3. The number of ether oxygens (including phenoxy) is 4. The first kappa shape index (κ1) is 13.1. The molecule has 0 aliphatic carbocycles. The summed E-state index contributed by atoms with van der Waals surface area (Å²) in [7, 11) is 3.15. The predicted molar refractivity (Wildman–Crippen MR) is 79.3 cm³/mol. The summed E-state index contributed by atoms with van der Waals surface area (Å²) in [6.45, 7) is 0.483. The number of hydrogen-bond acceptors (Lipinski definition) is 5. The Morgan fingerprint density at radius 1 is 1.09 bits per heavy atom. The molecule has 2 heterocycles. The van der Waals surface area contributed by atoms with Gasteiger partial charge in [0.25, 0.3) is 0 Å². The zero-order valence-electron chi connectivity index (χ0n) is 12.3. The average Bonchev–Trinajstić information content (AvgIpc) is 2.92. The van der Waals surface area contributed by atoms with E-state index < -0.39 is 0 Å². The molecule has 0 radical (unpaired) electrons. The van der Waals surface area contributed by atoms with Gasteiger partial charge in [-0.15, -0.1) is 0 Å². The largest absolute Gasteiger partial charge is 0.504 e. The van der Waals surface area contributed by atoms with Gasteiger partial charge in [-0.3, -0.25) is 0 Å². The zero-order chi connectivity index (χ0) is 15.3. The minimum Gasteiger partial charge on any atom is -0.504 e. The molecule has 0 aromatic heterocycles. The van der Waals surface area contributed by atoms with Gasteiger partial charge in [-0.1, -0.05) is 6.07 Å². The van der Waals surface area contributed by atoms with Gasteiger partial charge in [0.1, 0.15) is 17.6 Å². The molecule has 0 amide bonds. The predicted octanol–water partition coefficient (Wildman–Crippen LogP) is 3.02. The van der Waals surface area contributed by atoms with Crippen molar-refractivity contribution in [3.8, 4) is 28.7 Å². The number of rotatable bonds is 2. The fourth-order valence-corrected chi connectivity index (χ4v) is 3.20. The van der Waals surface area contributed by atoms with Gasteiger partial charge in [-0.2, -0.15) is 0 Å². The molecule has 0 bridgehead atoms. The van der Waals surface area contributed by atoms with Crippen LogP contribution in [0.3, 0.4) is 0 Å². The fourth-order valence-electron chi connectivity index (χ4n) is 3.20. The van der Waals surface area contributed by atoms with Gasteiger partial charge < -0.3 is 24.1 Å². The van der Waals surface area contributed by atoms with Crippen LogP contribution in [-0.2, 0) is 0 Å². The Morgan fingerprint density at radius 2 is 1.91 bits per heavy atom. The molecule has 0 saturated heterocycles. The summed E-state index contributed by atoms with van der Waals surface area (Å²) >= 11 is 0. The molecule has 2 aliphatic rings. The van der Waals surface area contributed by atoms with E-state index in [1.165, 1.54) is 7.11 Å². The van der Waals surface area contributed by atoms with Crippen LogP contribution in [-0.4, -0.2) is 25.9 Å². The normalized spacial score (nSPS) is 21.0. The lowest BCUT2D eigenvalue weighted by Gasteiger charge is -2.29. The van der Waals surface area contributed by atoms with Gasteiger partial charge in [0, 0.05) is 17.2 Å². The number of benzene rings is 2. The van der Waals surface area contributed by atoms with Gasteiger partial charge in [0.15, 0.2) is 11.5 Å². The highest BCUT2D eigenvalue weighted by atomic mass is 16.5. The van der Waals surface area contributed by atoms with E-state index in [2.05, 4.69) is 0 Å². The SMILES string of the molecule is COc1ccc2c(c1)O[C@@H]1c3ccc(O)c(OC)c3OC[C@H]21. The maximum absolute atomic E-state index is 9.89. The fraction of sp³-hybridized carbons (Fsp3) is 0.294. The van der Waals surface area contributed by atoms with Crippen molar-refractivity contribution < 1.29 is 24.1 Å². The van der Waals surface area contributed by atoms with Crippen molar-refractivity contribution in [2.24, 2.45) is 0 Å². The van der Waals surface area contributed by atoms with Gasteiger partial charge in [0.05, 0.1) is 26.7 Å². The maximum atomic E-state index is 9.89. The molecular formula is C17H16O5. The minimum absolute atomic E-state index is 0.0666. The molecule has 5 heteroatoms. The van der Waals surface area contributed by atoms with Crippen LogP contribution < -0.4 is 18.9 Å². The van der Waals surface area contributed by atoms with Crippen LogP contribution >= 0.6 is 0 Å². The number of phenols is 1. The summed E-state index contributed by atoms with van der Waals surface area (Å²) in [5.74, 6) is 2.69. The molecule has 2 atom stereocenters. The van der Waals surface area contributed by atoms with Crippen molar-refractivity contribution in [1.82, 2.24) is 0 Å². The summed E-state index contributed by atoms with van der Waals surface area (Å²) in [5.41, 5.74) is 2.00. The Balaban J connectivity index is 1.79. The molecule has 22 heavy (non-hydrogen) atoms. The lowest BCUT2D eigenvalue weighted by atomic mass is 9.89. The third-order valence-electron chi connectivity index (χ3n) is 4.28. The second kappa shape index (κ2) is 4.73. The van der Waals surface area contributed by atoms with E-state index in [4.69, 9.17) is 18.9 Å². The summed E-state index contributed by atoms with van der Waals surface area (Å²) < 4.78 is 22.5. The van der Waals surface area contributed by atoms with Crippen molar-refractivity contribution in [2.45, 2.75) is 12.0 Å². The molecule has 114 valence electrons. The summed E-state index contributed by atoms with van der Waals surface area (Å²) in [6.07, 6.45) is -0.139. The van der Waals surface area contributed by atoms with E-state index >= 15 is 0 Å². The summed E-state index contributed by atoms with van der Waals surface area (Å²) in [6, 6.07) is 9.27. The van der Waals surface area contributed by atoms with Gasteiger partial charge in [-0.25, -0.2) is 0 Å². The van der Waals surface area contributed by atoms with Crippen molar-refractivity contribution in [3.05, 3.63) is 41.5 Å². The standard InChI is InChI=1S/C17H16O5/c1-19-9-3-4-10-12-8-21-16-11(15(12)22-14(10)7-9)5-6-13(18)17(16)20-2/h3-7,12,15,18H,8H2,1-2H3/t12-,15-/m1/s1. The molecule has 2 aromatic rings. The minimum atomic E-state index is -0.139. The lowest BCUT2D eigenvalue weighted by molar-refractivity contribution is 0.135. The summed E-state index contributed by atoms with van der Waals surface area (Å²) in [4.78, 5) is 0. The molecule has 0 saturated carbocycles. The Morgan fingerprint density at radius 3 is 2.68 bits per heavy atom. The van der Waals surface area contributed by atoms with Crippen LogP contribution in [0.1, 0.15) is 23.1 Å². The van der Waals surface area contributed by atoms with E-state index in [-0.39, 0.29) is 17.8 Å². The van der Waals surface area contributed by atoms with Crippen molar-refractivity contribution >= 4 is 0 Å². The van der Waals surface area contributed by atoms with Crippen LogP contribution in [0.15, 0.2) is 30.3 Å². The second-order valence-corrected chi connectivity index (χ2v) is 5.40. The highest BCUT2D eigenvalue weighted by Gasteiger charge is 2.42. The molecule has 2 aliphatic heterocycles.